The predicted molar refractivity (Wildman–Crippen MR) is 107 cm³/mol. The number of aliphatic imine (C=N–C) groups is 1. The zero-order valence-corrected chi connectivity index (χ0v) is 17.8. The second kappa shape index (κ2) is 10.9. The molecule has 7 heteroatoms. The summed E-state index contributed by atoms with van der Waals surface area (Å²) >= 11 is 0. The molecule has 0 saturated heterocycles. The highest BCUT2D eigenvalue weighted by atomic mass is 127. The van der Waals surface area contributed by atoms with Crippen molar-refractivity contribution < 1.29 is 4.74 Å². The first-order valence-electron chi connectivity index (χ1n) is 7.89. The van der Waals surface area contributed by atoms with Crippen LogP contribution in [0.1, 0.15) is 37.7 Å². The quantitative estimate of drug-likeness (QED) is 0.391. The summed E-state index contributed by atoms with van der Waals surface area (Å²) in [4.78, 5) is 4.29. The van der Waals surface area contributed by atoms with Crippen LogP contribution in [0, 0.1) is 19.8 Å². The first-order valence-corrected chi connectivity index (χ1v) is 7.89. The van der Waals surface area contributed by atoms with Crippen molar-refractivity contribution in [3.05, 3.63) is 17.0 Å². The van der Waals surface area contributed by atoms with Gasteiger partial charge >= 0.3 is 0 Å². The number of hydrogen-bond acceptors (Lipinski definition) is 3. The third-order valence-corrected chi connectivity index (χ3v) is 4.06. The molecule has 0 fully saturated rings. The first kappa shape index (κ1) is 22.2. The summed E-state index contributed by atoms with van der Waals surface area (Å²) in [5.41, 5.74) is 3.44. The predicted octanol–water partition coefficient (Wildman–Crippen LogP) is 2.47. The zero-order chi connectivity index (χ0) is 16.7. The number of halogens is 1. The monoisotopic (exact) mass is 437 g/mol. The SMILES string of the molecule is CN=C(NCc1c(C)nn(CCOC)c1C)NC(C)C(C)C.I. The van der Waals surface area contributed by atoms with E-state index in [9.17, 15) is 0 Å². The Morgan fingerprint density at radius 3 is 2.48 bits per heavy atom. The molecule has 6 nitrogen and oxygen atoms in total. The van der Waals surface area contributed by atoms with Crippen LogP contribution >= 0.6 is 24.0 Å². The van der Waals surface area contributed by atoms with Gasteiger partial charge in [-0.05, 0) is 26.7 Å². The Kier molecular flexibility index (Phi) is 10.5. The van der Waals surface area contributed by atoms with Crippen molar-refractivity contribution in [3.63, 3.8) is 0 Å². The molecule has 0 amide bonds. The van der Waals surface area contributed by atoms with Gasteiger partial charge in [0, 0.05) is 38.0 Å². The van der Waals surface area contributed by atoms with Crippen molar-refractivity contribution in [2.75, 3.05) is 20.8 Å². The fourth-order valence-corrected chi connectivity index (χ4v) is 2.13. The maximum Gasteiger partial charge on any atom is 0.191 e. The van der Waals surface area contributed by atoms with Gasteiger partial charge in [-0.2, -0.15) is 5.10 Å². The summed E-state index contributed by atoms with van der Waals surface area (Å²) in [5, 5.41) is 11.4. The molecule has 1 unspecified atom stereocenters. The van der Waals surface area contributed by atoms with Crippen molar-refractivity contribution in [1.82, 2.24) is 20.4 Å². The number of rotatable bonds is 7. The second-order valence-corrected chi connectivity index (χ2v) is 5.97. The third-order valence-electron chi connectivity index (χ3n) is 4.06. The van der Waals surface area contributed by atoms with Gasteiger partial charge in [-0.25, -0.2) is 0 Å². The fourth-order valence-electron chi connectivity index (χ4n) is 2.13. The summed E-state index contributed by atoms with van der Waals surface area (Å²) in [6.07, 6.45) is 0. The summed E-state index contributed by atoms with van der Waals surface area (Å²) in [5.74, 6) is 1.38. The molecule has 134 valence electrons. The lowest BCUT2D eigenvalue weighted by atomic mass is 10.1. The molecular weight excluding hydrogens is 405 g/mol. The summed E-state index contributed by atoms with van der Waals surface area (Å²) in [6, 6.07) is 0.373. The van der Waals surface area contributed by atoms with E-state index in [-0.39, 0.29) is 24.0 Å². The highest BCUT2D eigenvalue weighted by Gasteiger charge is 2.13. The standard InChI is InChI=1S/C16H31N5O.HI/c1-11(2)12(3)19-16(17-6)18-10-15-13(4)20-21(14(15)5)8-9-22-7;/h11-12H,8-10H2,1-7H3,(H2,17,18,19);1H. The lowest BCUT2D eigenvalue weighted by Gasteiger charge is -2.20. The number of aryl methyl sites for hydroxylation is 1. The Balaban J connectivity index is 0.00000484. The van der Waals surface area contributed by atoms with Crippen LogP contribution in [0.25, 0.3) is 0 Å². The van der Waals surface area contributed by atoms with Gasteiger partial charge < -0.3 is 15.4 Å². The molecule has 0 aliphatic rings. The van der Waals surface area contributed by atoms with Crippen molar-refractivity contribution in [3.8, 4) is 0 Å². The van der Waals surface area contributed by atoms with Crippen LogP contribution < -0.4 is 10.6 Å². The minimum Gasteiger partial charge on any atom is -0.383 e. The Hall–Kier alpha value is -0.830. The van der Waals surface area contributed by atoms with Gasteiger partial charge in [0.2, 0.25) is 0 Å². The Labute approximate surface area is 157 Å². The lowest BCUT2D eigenvalue weighted by Crippen LogP contribution is -2.44. The highest BCUT2D eigenvalue weighted by Crippen LogP contribution is 2.12. The van der Waals surface area contributed by atoms with E-state index < -0.39 is 0 Å². The molecule has 0 bridgehead atoms. The van der Waals surface area contributed by atoms with E-state index in [2.05, 4.69) is 48.4 Å². The van der Waals surface area contributed by atoms with Gasteiger partial charge in [-0.1, -0.05) is 13.8 Å². The van der Waals surface area contributed by atoms with E-state index in [0.29, 0.717) is 18.6 Å². The number of ether oxygens (including phenoxy) is 1. The Morgan fingerprint density at radius 1 is 1.30 bits per heavy atom. The van der Waals surface area contributed by atoms with Gasteiger partial charge in [0.15, 0.2) is 5.96 Å². The van der Waals surface area contributed by atoms with Crippen molar-refractivity contribution >= 4 is 29.9 Å². The number of methoxy groups -OCH3 is 1. The van der Waals surface area contributed by atoms with Crippen LogP contribution in [0.5, 0.6) is 0 Å². The lowest BCUT2D eigenvalue weighted by molar-refractivity contribution is 0.182. The molecule has 0 aliphatic heterocycles. The molecule has 0 radical (unpaired) electrons. The number of hydrogen-bond donors (Lipinski definition) is 2. The molecule has 23 heavy (non-hydrogen) atoms. The number of aromatic nitrogens is 2. The van der Waals surface area contributed by atoms with Gasteiger partial charge in [-0.15, -0.1) is 24.0 Å². The van der Waals surface area contributed by atoms with E-state index in [4.69, 9.17) is 4.74 Å². The Bertz CT molecular complexity index is 499. The van der Waals surface area contributed by atoms with E-state index in [0.717, 1.165) is 24.7 Å². The molecule has 1 aromatic heterocycles. The van der Waals surface area contributed by atoms with Gasteiger partial charge in [0.25, 0.3) is 0 Å². The molecule has 0 aliphatic carbocycles. The van der Waals surface area contributed by atoms with Gasteiger partial charge in [0.1, 0.15) is 0 Å². The average molecular weight is 437 g/mol. The highest BCUT2D eigenvalue weighted by molar-refractivity contribution is 14.0. The maximum absolute atomic E-state index is 5.13. The molecule has 1 aromatic rings. The van der Waals surface area contributed by atoms with Crippen LogP contribution in [-0.4, -0.2) is 42.5 Å². The first-order chi connectivity index (χ1) is 10.4. The smallest absolute Gasteiger partial charge is 0.191 e. The molecule has 0 aromatic carbocycles. The molecule has 1 heterocycles. The van der Waals surface area contributed by atoms with Crippen molar-refractivity contribution in [2.24, 2.45) is 10.9 Å². The van der Waals surface area contributed by atoms with Crippen LogP contribution in [0.15, 0.2) is 4.99 Å². The molecule has 1 atom stereocenters. The van der Waals surface area contributed by atoms with E-state index in [1.54, 1.807) is 14.2 Å². The minimum absolute atomic E-state index is 0. The molecule has 0 saturated carbocycles. The zero-order valence-electron chi connectivity index (χ0n) is 15.4. The largest absolute Gasteiger partial charge is 0.383 e. The van der Waals surface area contributed by atoms with Crippen LogP contribution in [0.4, 0.5) is 0 Å². The molecular formula is C16H32IN5O. The van der Waals surface area contributed by atoms with Crippen molar-refractivity contribution in [1.29, 1.82) is 0 Å². The van der Waals surface area contributed by atoms with Crippen LogP contribution in [0.2, 0.25) is 0 Å². The molecule has 0 spiro atoms. The number of nitrogens with zero attached hydrogens (tertiary/aromatic N) is 3. The topological polar surface area (TPSA) is 63.5 Å². The second-order valence-electron chi connectivity index (χ2n) is 5.97. The summed E-state index contributed by atoms with van der Waals surface area (Å²) in [7, 11) is 3.50. The minimum atomic E-state index is 0. The van der Waals surface area contributed by atoms with Crippen molar-refractivity contribution in [2.45, 2.75) is 53.8 Å². The fraction of sp³-hybridized carbons (Fsp3) is 0.750. The maximum atomic E-state index is 5.13. The van der Waals surface area contributed by atoms with Crippen LogP contribution in [0.3, 0.4) is 0 Å². The van der Waals surface area contributed by atoms with Gasteiger partial charge in [-0.3, -0.25) is 9.67 Å². The Morgan fingerprint density at radius 2 is 1.96 bits per heavy atom. The van der Waals surface area contributed by atoms with E-state index in [1.807, 2.05) is 11.6 Å². The average Bonchev–Trinajstić information content (AvgIpc) is 2.75. The molecule has 1 rings (SSSR count). The third kappa shape index (κ3) is 6.66. The van der Waals surface area contributed by atoms with E-state index >= 15 is 0 Å². The summed E-state index contributed by atoms with van der Waals surface area (Å²) < 4.78 is 7.13. The summed E-state index contributed by atoms with van der Waals surface area (Å²) in [6.45, 7) is 12.9. The normalized spacial score (nSPS) is 13.0. The van der Waals surface area contributed by atoms with Crippen LogP contribution in [-0.2, 0) is 17.8 Å². The number of guanidine groups is 1. The number of nitrogens with one attached hydrogen (secondary N) is 2. The van der Waals surface area contributed by atoms with Gasteiger partial charge in [0.05, 0.1) is 18.8 Å². The molecule has 2 N–H and O–H groups in total. The van der Waals surface area contributed by atoms with E-state index in [1.165, 1.54) is 11.3 Å².